The summed E-state index contributed by atoms with van der Waals surface area (Å²) in [4.78, 5) is 2.41. The minimum atomic E-state index is -0.155. The summed E-state index contributed by atoms with van der Waals surface area (Å²) in [6, 6.07) is 68.5. The van der Waals surface area contributed by atoms with E-state index in [4.69, 9.17) is 0 Å². The zero-order chi connectivity index (χ0) is 33.7. The minimum Gasteiger partial charge on any atom is -0.310 e. The minimum absolute atomic E-state index is 0.155. The summed E-state index contributed by atoms with van der Waals surface area (Å²) >= 11 is 0. The molecule has 0 aromatic heterocycles. The Morgan fingerprint density at radius 1 is 0.360 bits per heavy atom. The maximum absolute atomic E-state index is 2.42. The zero-order valence-corrected chi connectivity index (χ0v) is 28.3. The van der Waals surface area contributed by atoms with Gasteiger partial charge in [-0.2, -0.15) is 0 Å². The van der Waals surface area contributed by atoms with E-state index in [0.29, 0.717) is 0 Å². The normalized spacial score (nSPS) is 12.8. The number of nitrogens with zero attached hydrogens (tertiary/aromatic N) is 1. The van der Waals surface area contributed by atoms with Gasteiger partial charge in [0, 0.05) is 22.2 Å². The van der Waals surface area contributed by atoms with Crippen molar-refractivity contribution in [2.75, 3.05) is 4.90 Å². The second kappa shape index (κ2) is 12.1. The Hall–Kier alpha value is -6.18. The lowest BCUT2D eigenvalue weighted by atomic mass is 9.81. The highest BCUT2D eigenvalue weighted by molar-refractivity contribution is 5.99. The van der Waals surface area contributed by atoms with E-state index in [-0.39, 0.29) is 5.41 Å². The van der Waals surface area contributed by atoms with Gasteiger partial charge in [0.05, 0.1) is 5.69 Å². The Morgan fingerprint density at radius 2 is 0.840 bits per heavy atom. The third kappa shape index (κ3) is 5.11. The summed E-state index contributed by atoms with van der Waals surface area (Å²) in [7, 11) is 0. The molecule has 1 heteroatoms. The number of benzene rings is 8. The Balaban J connectivity index is 1.05. The molecule has 1 aliphatic rings. The second-order valence-electron chi connectivity index (χ2n) is 13.8. The van der Waals surface area contributed by atoms with Crippen LogP contribution in [0, 0.1) is 0 Å². The molecule has 0 aliphatic heterocycles. The molecule has 0 bridgehead atoms. The van der Waals surface area contributed by atoms with Crippen molar-refractivity contribution in [1.82, 2.24) is 0 Å². The van der Waals surface area contributed by atoms with Crippen LogP contribution in [0.25, 0.3) is 55.3 Å². The van der Waals surface area contributed by atoms with Crippen molar-refractivity contribution in [2.45, 2.75) is 19.3 Å². The lowest BCUT2D eigenvalue weighted by Crippen LogP contribution is -2.16. The van der Waals surface area contributed by atoms with Gasteiger partial charge in [-0.25, -0.2) is 0 Å². The first-order chi connectivity index (χ1) is 24.5. The van der Waals surface area contributed by atoms with Crippen molar-refractivity contribution in [3.63, 3.8) is 0 Å². The molecule has 0 fully saturated rings. The van der Waals surface area contributed by atoms with E-state index in [1.807, 2.05) is 0 Å². The topological polar surface area (TPSA) is 3.24 Å². The van der Waals surface area contributed by atoms with E-state index in [1.165, 1.54) is 77.8 Å². The summed E-state index contributed by atoms with van der Waals surface area (Å²) in [5.41, 5.74) is 16.1. The van der Waals surface area contributed by atoms with Gasteiger partial charge in [0.1, 0.15) is 0 Å². The van der Waals surface area contributed by atoms with E-state index < -0.39 is 0 Å². The van der Waals surface area contributed by atoms with Crippen LogP contribution < -0.4 is 4.90 Å². The van der Waals surface area contributed by atoms with Crippen molar-refractivity contribution in [3.05, 3.63) is 199 Å². The van der Waals surface area contributed by atoms with E-state index in [0.717, 1.165) is 5.69 Å². The van der Waals surface area contributed by atoms with Crippen LogP contribution in [0.2, 0.25) is 0 Å². The summed E-state index contributed by atoms with van der Waals surface area (Å²) in [6.45, 7) is 4.75. The van der Waals surface area contributed by atoms with Gasteiger partial charge in [0.25, 0.3) is 0 Å². The Morgan fingerprint density at radius 3 is 1.50 bits per heavy atom. The lowest BCUT2D eigenvalue weighted by Gasteiger charge is -2.29. The van der Waals surface area contributed by atoms with E-state index in [2.05, 4.69) is 207 Å². The van der Waals surface area contributed by atoms with Crippen LogP contribution in [0.15, 0.2) is 188 Å². The molecule has 238 valence electrons. The number of hydrogen-bond acceptors (Lipinski definition) is 1. The molecule has 0 heterocycles. The fourth-order valence-corrected chi connectivity index (χ4v) is 7.79. The Kier molecular flexibility index (Phi) is 7.21. The molecule has 0 unspecified atom stereocenters. The second-order valence-corrected chi connectivity index (χ2v) is 13.8. The predicted octanol–water partition coefficient (Wildman–Crippen LogP) is 13.6. The largest absolute Gasteiger partial charge is 0.310 e. The standard InChI is InChI=1S/C49H37N/c1-49(2)46-32-40(38-26-24-37(25-27-38)36-22-20-35(21-23-36)34-12-5-3-6-13-34)28-30-44(46)45-31-29-42(33-47(45)49)50(41-16-7-4-8-17-41)48-19-11-15-39-14-9-10-18-43(39)48/h3-33H,1-2H3. The highest BCUT2D eigenvalue weighted by Crippen LogP contribution is 2.52. The van der Waals surface area contributed by atoms with Crippen molar-refractivity contribution in [2.24, 2.45) is 0 Å². The van der Waals surface area contributed by atoms with Gasteiger partial charge >= 0.3 is 0 Å². The summed E-state index contributed by atoms with van der Waals surface area (Å²) < 4.78 is 0. The number of fused-ring (bicyclic) bond motifs is 4. The van der Waals surface area contributed by atoms with Crippen LogP contribution in [0.5, 0.6) is 0 Å². The monoisotopic (exact) mass is 639 g/mol. The third-order valence-electron chi connectivity index (χ3n) is 10.5. The van der Waals surface area contributed by atoms with Gasteiger partial charge in [0.15, 0.2) is 0 Å². The molecule has 0 saturated carbocycles. The summed E-state index contributed by atoms with van der Waals surface area (Å²) in [5.74, 6) is 0. The van der Waals surface area contributed by atoms with Gasteiger partial charge in [0.2, 0.25) is 0 Å². The number of hydrogen-bond donors (Lipinski definition) is 0. The Bertz CT molecular complexity index is 2470. The molecule has 0 amide bonds. The molecular weight excluding hydrogens is 603 g/mol. The van der Waals surface area contributed by atoms with E-state index in [1.54, 1.807) is 0 Å². The molecule has 1 aliphatic carbocycles. The van der Waals surface area contributed by atoms with Gasteiger partial charge in [-0.3, -0.25) is 0 Å². The summed E-state index contributed by atoms with van der Waals surface area (Å²) in [5, 5.41) is 2.48. The smallest absolute Gasteiger partial charge is 0.0540 e. The first-order valence-electron chi connectivity index (χ1n) is 17.4. The Labute approximate surface area is 294 Å². The van der Waals surface area contributed by atoms with Crippen LogP contribution in [0.1, 0.15) is 25.0 Å². The molecule has 0 atom stereocenters. The highest BCUT2D eigenvalue weighted by Gasteiger charge is 2.36. The maximum Gasteiger partial charge on any atom is 0.0540 e. The van der Waals surface area contributed by atoms with Crippen LogP contribution in [0.3, 0.4) is 0 Å². The van der Waals surface area contributed by atoms with Crippen molar-refractivity contribution >= 4 is 27.8 Å². The number of rotatable bonds is 6. The highest BCUT2D eigenvalue weighted by atomic mass is 15.1. The molecular formula is C49H37N. The third-order valence-corrected chi connectivity index (χ3v) is 10.5. The SMILES string of the molecule is CC1(C)c2cc(-c3ccc(-c4ccc(-c5ccccc5)cc4)cc3)ccc2-c2ccc(N(c3ccccc3)c3cccc4ccccc34)cc21. The number of para-hydroxylation sites is 1. The fraction of sp³-hybridized carbons (Fsp3) is 0.0612. The molecule has 8 aromatic rings. The van der Waals surface area contributed by atoms with Crippen LogP contribution in [-0.2, 0) is 5.41 Å². The van der Waals surface area contributed by atoms with Crippen LogP contribution >= 0.6 is 0 Å². The fourth-order valence-electron chi connectivity index (χ4n) is 7.79. The van der Waals surface area contributed by atoms with Gasteiger partial charge < -0.3 is 4.90 Å². The number of anilines is 3. The molecule has 50 heavy (non-hydrogen) atoms. The molecule has 0 radical (unpaired) electrons. The van der Waals surface area contributed by atoms with Crippen molar-refractivity contribution < 1.29 is 0 Å². The van der Waals surface area contributed by atoms with E-state index in [9.17, 15) is 0 Å². The van der Waals surface area contributed by atoms with Gasteiger partial charge in [-0.1, -0.05) is 166 Å². The van der Waals surface area contributed by atoms with Crippen molar-refractivity contribution in [3.8, 4) is 44.5 Å². The molecule has 9 rings (SSSR count). The van der Waals surface area contributed by atoms with E-state index >= 15 is 0 Å². The van der Waals surface area contributed by atoms with Gasteiger partial charge in [-0.15, -0.1) is 0 Å². The molecule has 0 spiro atoms. The average molecular weight is 640 g/mol. The summed E-state index contributed by atoms with van der Waals surface area (Å²) in [6.07, 6.45) is 0. The lowest BCUT2D eigenvalue weighted by molar-refractivity contribution is 0.660. The first kappa shape index (κ1) is 29.9. The van der Waals surface area contributed by atoms with Crippen LogP contribution in [0.4, 0.5) is 17.1 Å². The quantitative estimate of drug-likeness (QED) is 0.175. The van der Waals surface area contributed by atoms with Gasteiger partial charge in [-0.05, 0) is 97.4 Å². The first-order valence-corrected chi connectivity index (χ1v) is 17.4. The molecule has 0 saturated heterocycles. The molecule has 1 nitrogen and oxygen atoms in total. The zero-order valence-electron chi connectivity index (χ0n) is 28.3. The molecule has 0 N–H and O–H groups in total. The molecule has 8 aromatic carbocycles. The van der Waals surface area contributed by atoms with Crippen LogP contribution in [-0.4, -0.2) is 0 Å². The maximum atomic E-state index is 2.42. The predicted molar refractivity (Wildman–Crippen MR) is 213 cm³/mol. The average Bonchev–Trinajstić information content (AvgIpc) is 3.41. The van der Waals surface area contributed by atoms with Crippen molar-refractivity contribution in [1.29, 1.82) is 0 Å².